The summed E-state index contributed by atoms with van der Waals surface area (Å²) in [6.45, 7) is 1.79. The summed E-state index contributed by atoms with van der Waals surface area (Å²) in [5.41, 5.74) is 1.69. The van der Waals surface area contributed by atoms with E-state index in [4.69, 9.17) is 4.74 Å². The molecule has 1 saturated heterocycles. The molecule has 1 aromatic carbocycles. The summed E-state index contributed by atoms with van der Waals surface area (Å²) in [5.74, 6) is -0.333. The molecule has 3 heterocycles. The first-order valence-electron chi connectivity index (χ1n) is 9.25. The molecular formula is C20H23FO5S2. The minimum absolute atomic E-state index is 0.0938. The zero-order valence-corrected chi connectivity index (χ0v) is 17.0. The van der Waals surface area contributed by atoms with Crippen LogP contribution < -0.4 is 0 Å². The Morgan fingerprint density at radius 2 is 1.93 bits per heavy atom. The van der Waals surface area contributed by atoms with E-state index in [1.807, 2.05) is 12.1 Å². The molecule has 1 spiro atoms. The second-order valence-electron chi connectivity index (χ2n) is 7.22. The van der Waals surface area contributed by atoms with Crippen LogP contribution in [0.2, 0.25) is 0 Å². The number of hydrogen-bond donors (Lipinski definition) is 4. The van der Waals surface area contributed by atoms with Crippen molar-refractivity contribution in [3.05, 3.63) is 56.5 Å². The summed E-state index contributed by atoms with van der Waals surface area (Å²) >= 11 is 2.72. The third-order valence-corrected chi connectivity index (χ3v) is 8.36. The molecule has 1 aromatic heterocycles. The molecule has 5 atom stereocenters. The van der Waals surface area contributed by atoms with Crippen LogP contribution in [0.4, 0.5) is 4.39 Å². The Bertz CT molecular complexity index is 870. The monoisotopic (exact) mass is 426 g/mol. The van der Waals surface area contributed by atoms with Gasteiger partial charge in [-0.15, -0.1) is 23.1 Å². The van der Waals surface area contributed by atoms with E-state index < -0.39 is 28.5 Å². The van der Waals surface area contributed by atoms with Crippen molar-refractivity contribution in [3.63, 3.8) is 0 Å². The molecule has 0 radical (unpaired) electrons. The van der Waals surface area contributed by atoms with Crippen LogP contribution in [0.25, 0.3) is 0 Å². The zero-order valence-electron chi connectivity index (χ0n) is 15.3. The van der Waals surface area contributed by atoms with Gasteiger partial charge in [-0.05, 0) is 41.8 Å². The van der Waals surface area contributed by atoms with E-state index in [2.05, 4.69) is 6.92 Å². The number of hydrogen-bond acceptors (Lipinski definition) is 7. The molecule has 152 valence electrons. The second-order valence-corrected chi connectivity index (χ2v) is 9.92. The molecule has 28 heavy (non-hydrogen) atoms. The molecule has 0 saturated carbocycles. The van der Waals surface area contributed by atoms with Gasteiger partial charge in [0.25, 0.3) is 0 Å². The summed E-state index contributed by atoms with van der Waals surface area (Å²) in [5, 5.41) is 40.0. The molecule has 4 rings (SSSR count). The number of halogens is 1. The summed E-state index contributed by atoms with van der Waals surface area (Å²) in [6, 6.07) is 7.15. The molecule has 1 fully saturated rings. The molecule has 0 unspecified atom stereocenters. The van der Waals surface area contributed by atoms with Crippen LogP contribution >= 0.6 is 23.1 Å². The van der Waals surface area contributed by atoms with E-state index in [1.54, 1.807) is 17.4 Å². The van der Waals surface area contributed by atoms with E-state index in [9.17, 15) is 24.8 Å². The topological polar surface area (TPSA) is 90.2 Å². The van der Waals surface area contributed by atoms with Gasteiger partial charge in [0.05, 0.1) is 24.6 Å². The lowest BCUT2D eigenvalue weighted by atomic mass is 9.91. The normalized spacial score (nSPS) is 32.1. The van der Waals surface area contributed by atoms with Crippen molar-refractivity contribution in [3.8, 4) is 0 Å². The number of aliphatic hydroxyl groups excluding tert-OH is 4. The van der Waals surface area contributed by atoms with Gasteiger partial charge in [-0.1, -0.05) is 6.92 Å². The average molecular weight is 427 g/mol. The van der Waals surface area contributed by atoms with Gasteiger partial charge in [0, 0.05) is 21.7 Å². The lowest BCUT2D eigenvalue weighted by Gasteiger charge is -2.45. The lowest BCUT2D eigenvalue weighted by molar-refractivity contribution is -0.147. The first-order valence-corrected chi connectivity index (χ1v) is 11.0. The third-order valence-electron chi connectivity index (χ3n) is 5.47. The number of benzene rings is 1. The smallest absolute Gasteiger partial charge is 0.168 e. The first kappa shape index (κ1) is 20.3. The van der Waals surface area contributed by atoms with Crippen LogP contribution in [0.15, 0.2) is 24.3 Å². The molecular weight excluding hydrogens is 403 g/mol. The highest BCUT2D eigenvalue weighted by Gasteiger charge is 2.57. The Kier molecular flexibility index (Phi) is 5.56. The molecule has 2 aliphatic heterocycles. The Hall–Kier alpha value is -1.00. The maximum absolute atomic E-state index is 14.7. The van der Waals surface area contributed by atoms with Gasteiger partial charge in [-0.25, -0.2) is 4.39 Å². The Morgan fingerprint density at radius 1 is 1.18 bits per heavy atom. The average Bonchev–Trinajstić information content (AvgIpc) is 3.29. The highest BCUT2D eigenvalue weighted by Crippen LogP contribution is 2.54. The molecule has 0 aliphatic carbocycles. The summed E-state index contributed by atoms with van der Waals surface area (Å²) in [7, 11) is 0. The van der Waals surface area contributed by atoms with Crippen molar-refractivity contribution < 1.29 is 29.6 Å². The molecule has 8 heteroatoms. The zero-order chi connectivity index (χ0) is 20.1. The summed E-state index contributed by atoms with van der Waals surface area (Å²) < 4.78 is 20.6. The van der Waals surface area contributed by atoms with Crippen LogP contribution in [-0.2, 0) is 29.1 Å². The van der Waals surface area contributed by atoms with Crippen molar-refractivity contribution in [2.75, 3.05) is 6.61 Å². The molecule has 0 bridgehead atoms. The number of fused-ring (bicyclic) bond motifs is 2. The molecule has 2 aliphatic rings. The standard InChI is InChI=1S/C20H23FO5S2/c1-2-12-3-4-13(27-12)5-10-6-14-11(7-15(10)21)9-26-20(14)19(25)18(24)17(23)16(8-22)28-20/h3-4,6-7,16-19,22-25H,2,5,8-9H2,1H3/t16-,17-,18+,19-,20+/m1/s1. The van der Waals surface area contributed by atoms with Gasteiger partial charge in [0.15, 0.2) is 4.93 Å². The number of ether oxygens (including phenoxy) is 1. The van der Waals surface area contributed by atoms with Gasteiger partial charge in [-0.3, -0.25) is 0 Å². The number of thioether (sulfide) groups is 1. The van der Waals surface area contributed by atoms with Gasteiger partial charge < -0.3 is 25.2 Å². The predicted molar refractivity (Wildman–Crippen MR) is 106 cm³/mol. The fourth-order valence-electron chi connectivity index (χ4n) is 3.88. The van der Waals surface area contributed by atoms with E-state index in [0.29, 0.717) is 23.1 Å². The van der Waals surface area contributed by atoms with Crippen molar-refractivity contribution in [1.29, 1.82) is 0 Å². The van der Waals surface area contributed by atoms with Gasteiger partial charge in [-0.2, -0.15) is 0 Å². The highest BCUT2D eigenvalue weighted by molar-refractivity contribution is 8.00. The maximum Gasteiger partial charge on any atom is 0.168 e. The number of rotatable bonds is 4. The molecule has 2 aromatic rings. The van der Waals surface area contributed by atoms with Crippen LogP contribution in [0.1, 0.15) is 33.4 Å². The van der Waals surface area contributed by atoms with E-state index in [-0.39, 0.29) is 19.0 Å². The van der Waals surface area contributed by atoms with E-state index in [0.717, 1.165) is 23.1 Å². The van der Waals surface area contributed by atoms with Crippen molar-refractivity contribution >= 4 is 23.1 Å². The number of aliphatic hydroxyl groups is 4. The predicted octanol–water partition coefficient (Wildman–Crippen LogP) is 1.91. The fourth-order valence-corrected chi connectivity index (χ4v) is 6.41. The Morgan fingerprint density at radius 3 is 2.61 bits per heavy atom. The van der Waals surface area contributed by atoms with Crippen molar-refractivity contribution in [2.45, 2.75) is 54.9 Å². The summed E-state index contributed by atoms with van der Waals surface area (Å²) in [4.78, 5) is 0.940. The SMILES string of the molecule is CCc1ccc(Cc2cc3c(cc2F)CO[C@]32S[C@H](CO)[C@@H](O)[C@H](O)[C@H]2O)s1. The minimum Gasteiger partial charge on any atom is -0.395 e. The van der Waals surface area contributed by atoms with Crippen LogP contribution in [0.5, 0.6) is 0 Å². The summed E-state index contributed by atoms with van der Waals surface area (Å²) in [6.07, 6.45) is -2.79. The lowest BCUT2D eigenvalue weighted by Crippen LogP contribution is -2.58. The number of thiophene rings is 1. The molecule has 0 amide bonds. The highest BCUT2D eigenvalue weighted by atomic mass is 32.2. The Labute approximate surface area is 170 Å². The van der Waals surface area contributed by atoms with E-state index >= 15 is 0 Å². The Balaban J connectivity index is 1.72. The molecule has 5 nitrogen and oxygen atoms in total. The van der Waals surface area contributed by atoms with Crippen molar-refractivity contribution in [2.24, 2.45) is 0 Å². The van der Waals surface area contributed by atoms with E-state index in [1.165, 1.54) is 10.9 Å². The van der Waals surface area contributed by atoms with Gasteiger partial charge in [0.1, 0.15) is 18.0 Å². The first-order chi connectivity index (χ1) is 13.4. The largest absolute Gasteiger partial charge is 0.395 e. The van der Waals surface area contributed by atoms with Crippen LogP contribution in [0, 0.1) is 5.82 Å². The quantitative estimate of drug-likeness (QED) is 0.597. The van der Waals surface area contributed by atoms with Crippen molar-refractivity contribution in [1.82, 2.24) is 0 Å². The van der Waals surface area contributed by atoms with Crippen LogP contribution in [0.3, 0.4) is 0 Å². The minimum atomic E-state index is -1.47. The van der Waals surface area contributed by atoms with Gasteiger partial charge in [0.2, 0.25) is 0 Å². The second kappa shape index (κ2) is 7.68. The van der Waals surface area contributed by atoms with Gasteiger partial charge >= 0.3 is 0 Å². The number of aryl methyl sites for hydroxylation is 1. The van der Waals surface area contributed by atoms with Crippen LogP contribution in [-0.4, -0.2) is 50.6 Å². The fraction of sp³-hybridized carbons (Fsp3) is 0.500. The molecule has 4 N–H and O–H groups in total. The third kappa shape index (κ3) is 3.21. The maximum atomic E-state index is 14.7.